The van der Waals surface area contributed by atoms with Gasteiger partial charge in [0.25, 0.3) is 5.91 Å². The third kappa shape index (κ3) is 5.38. The van der Waals surface area contributed by atoms with E-state index in [1.807, 2.05) is 20.2 Å². The molecule has 0 aromatic carbocycles. The number of nitrogens with one attached hydrogen (secondary N) is 2. The molecule has 0 radical (unpaired) electrons. The Hall–Kier alpha value is -2.06. The predicted molar refractivity (Wildman–Crippen MR) is 135 cm³/mol. The number of Topliss-reactive ketones (excluding diaryl/α,β-unsaturated/α-hetero) is 1. The summed E-state index contributed by atoms with van der Waals surface area (Å²) in [6, 6.07) is 0. The van der Waals surface area contributed by atoms with Crippen molar-refractivity contribution in [1.82, 2.24) is 15.1 Å². The lowest BCUT2D eigenvalue weighted by atomic mass is 9.83. The van der Waals surface area contributed by atoms with E-state index in [0.717, 1.165) is 71.9 Å². The molecule has 2 N–H and O–H groups in total. The third-order valence-electron chi connectivity index (χ3n) is 7.04. The van der Waals surface area contributed by atoms with Crippen molar-refractivity contribution in [3.63, 3.8) is 0 Å². The molecule has 0 unspecified atom stereocenters. The molecule has 2 aromatic heterocycles. The average molecular weight is 485 g/mol. The largest absolute Gasteiger partial charge is 0.352 e. The van der Waals surface area contributed by atoms with Crippen LogP contribution in [0.25, 0.3) is 0 Å². The van der Waals surface area contributed by atoms with E-state index < -0.39 is 0 Å². The first kappa shape index (κ1) is 22.7. The lowest BCUT2D eigenvalue weighted by Crippen LogP contribution is -2.28. The molecule has 2 saturated carbocycles. The molecule has 1 atom stereocenters. The molecular formula is C25H32N4O2S2. The lowest BCUT2D eigenvalue weighted by molar-refractivity contribution is -0.119. The topological polar surface area (TPSA) is 76.0 Å². The molecule has 6 nitrogen and oxygen atoms in total. The Kier molecular flexibility index (Phi) is 6.40. The molecule has 3 aliphatic rings. The number of carbonyl (C=O) groups is 2. The van der Waals surface area contributed by atoms with Crippen LogP contribution in [0.2, 0.25) is 0 Å². The van der Waals surface area contributed by atoms with Gasteiger partial charge in [-0.2, -0.15) is 5.10 Å². The van der Waals surface area contributed by atoms with Gasteiger partial charge in [0.2, 0.25) is 0 Å². The Balaban J connectivity index is 1.31. The van der Waals surface area contributed by atoms with Gasteiger partial charge in [-0.25, -0.2) is 0 Å². The van der Waals surface area contributed by atoms with E-state index in [0.29, 0.717) is 24.0 Å². The monoisotopic (exact) mass is 484 g/mol. The highest BCUT2D eigenvalue weighted by Gasteiger charge is 2.34. The van der Waals surface area contributed by atoms with Crippen molar-refractivity contribution in [2.45, 2.75) is 64.7 Å². The smallest absolute Gasteiger partial charge is 0.252 e. The minimum absolute atomic E-state index is 0.0188. The van der Waals surface area contributed by atoms with Crippen LogP contribution in [0.4, 0.5) is 5.69 Å². The number of nitrogens with zero attached hydrogens (tertiary/aromatic N) is 2. The van der Waals surface area contributed by atoms with Gasteiger partial charge in [0.05, 0.1) is 21.9 Å². The second-order valence-corrected chi connectivity index (χ2v) is 11.7. The normalized spacial score (nSPS) is 19.8. The minimum Gasteiger partial charge on any atom is -0.352 e. The van der Waals surface area contributed by atoms with Gasteiger partial charge in [0, 0.05) is 48.3 Å². The molecule has 176 valence electrons. The minimum atomic E-state index is 0.0188. The lowest BCUT2D eigenvalue weighted by Gasteiger charge is -2.23. The van der Waals surface area contributed by atoms with Gasteiger partial charge in [-0.1, -0.05) is 12.2 Å². The standard InChI is InChI=1S/C25H32N4O2S2/c1-14-19(13-29(2)28-14)27-23(32)10-16-5-8-21-18(9-16)24(25(31)26-12-15-3-4-15)22(33-21)11-20(30)17-6-7-17/h13,15-17H,3-12H2,1-2H3,(H,26,31)(H,27,32)/t16-/m0/s1. The number of fused-ring (bicyclic) bond motifs is 1. The van der Waals surface area contributed by atoms with Crippen molar-refractivity contribution in [3.8, 4) is 0 Å². The maximum atomic E-state index is 13.2. The first-order valence-corrected chi connectivity index (χ1v) is 13.3. The number of ketones is 1. The zero-order chi connectivity index (χ0) is 23.1. The molecule has 2 heterocycles. The molecule has 0 saturated heterocycles. The summed E-state index contributed by atoms with van der Waals surface area (Å²) in [6.07, 6.45) is 10.5. The van der Waals surface area contributed by atoms with E-state index in [-0.39, 0.29) is 11.8 Å². The molecule has 0 aliphatic heterocycles. The number of aromatic nitrogens is 2. The summed E-state index contributed by atoms with van der Waals surface area (Å²) in [4.78, 5) is 28.9. The molecule has 0 bridgehead atoms. The molecule has 1 amide bonds. The number of aryl methyl sites for hydroxylation is 3. The summed E-state index contributed by atoms with van der Waals surface area (Å²) in [5.74, 6) is 1.57. The van der Waals surface area contributed by atoms with E-state index in [4.69, 9.17) is 12.2 Å². The Bertz CT molecular complexity index is 1090. The summed E-state index contributed by atoms with van der Waals surface area (Å²) in [6.45, 7) is 2.72. The maximum absolute atomic E-state index is 13.2. The molecule has 3 aliphatic carbocycles. The summed E-state index contributed by atoms with van der Waals surface area (Å²) >= 11 is 7.38. The van der Waals surface area contributed by atoms with Crippen molar-refractivity contribution in [3.05, 3.63) is 32.8 Å². The fraction of sp³-hybridized carbons (Fsp3) is 0.600. The van der Waals surface area contributed by atoms with Crippen molar-refractivity contribution < 1.29 is 9.59 Å². The summed E-state index contributed by atoms with van der Waals surface area (Å²) in [7, 11) is 1.90. The van der Waals surface area contributed by atoms with Gasteiger partial charge in [-0.15, -0.1) is 11.3 Å². The number of thiocarbonyl (C=S) groups is 1. The number of thiophene rings is 1. The van der Waals surface area contributed by atoms with Gasteiger partial charge in [-0.05, 0) is 69.3 Å². The van der Waals surface area contributed by atoms with E-state index >= 15 is 0 Å². The predicted octanol–water partition coefficient (Wildman–Crippen LogP) is 4.39. The van der Waals surface area contributed by atoms with E-state index in [1.54, 1.807) is 16.0 Å². The quantitative estimate of drug-likeness (QED) is 0.517. The fourth-order valence-electron chi connectivity index (χ4n) is 4.82. The second kappa shape index (κ2) is 9.29. The highest BCUT2D eigenvalue weighted by molar-refractivity contribution is 7.80. The van der Waals surface area contributed by atoms with Crippen LogP contribution >= 0.6 is 23.6 Å². The molecule has 0 spiro atoms. The first-order chi connectivity index (χ1) is 15.9. The SMILES string of the molecule is Cc1nn(C)cc1NC(=S)C[C@H]1CCc2sc(CC(=O)C3CC3)c(C(=O)NCC3CC3)c2C1. The Morgan fingerprint density at radius 3 is 2.67 bits per heavy atom. The van der Waals surface area contributed by atoms with Crippen LogP contribution in [0.1, 0.15) is 69.9 Å². The molecule has 2 fully saturated rings. The van der Waals surface area contributed by atoms with Crippen LogP contribution in [0.5, 0.6) is 0 Å². The number of hydrogen-bond donors (Lipinski definition) is 2. The zero-order valence-electron chi connectivity index (χ0n) is 19.4. The van der Waals surface area contributed by atoms with Gasteiger partial charge < -0.3 is 10.6 Å². The van der Waals surface area contributed by atoms with Crippen LogP contribution in [-0.2, 0) is 31.1 Å². The highest BCUT2D eigenvalue weighted by Crippen LogP contribution is 2.40. The van der Waals surface area contributed by atoms with Crippen molar-refractivity contribution in [1.29, 1.82) is 0 Å². The van der Waals surface area contributed by atoms with Crippen molar-refractivity contribution >= 4 is 45.9 Å². The average Bonchev–Trinajstić information content (AvgIpc) is 3.68. The number of carbonyl (C=O) groups excluding carboxylic acids is 2. The molecule has 2 aromatic rings. The summed E-state index contributed by atoms with van der Waals surface area (Å²) < 4.78 is 1.79. The number of hydrogen-bond acceptors (Lipinski definition) is 5. The summed E-state index contributed by atoms with van der Waals surface area (Å²) in [5, 5.41) is 10.9. The number of amides is 1. The van der Waals surface area contributed by atoms with Crippen LogP contribution in [0.3, 0.4) is 0 Å². The maximum Gasteiger partial charge on any atom is 0.252 e. The van der Waals surface area contributed by atoms with E-state index in [1.165, 1.54) is 23.3 Å². The van der Waals surface area contributed by atoms with E-state index in [9.17, 15) is 9.59 Å². The van der Waals surface area contributed by atoms with Crippen LogP contribution < -0.4 is 10.6 Å². The molecular weight excluding hydrogens is 452 g/mol. The van der Waals surface area contributed by atoms with Crippen molar-refractivity contribution in [2.75, 3.05) is 11.9 Å². The van der Waals surface area contributed by atoms with Gasteiger partial charge in [-0.3, -0.25) is 14.3 Å². The van der Waals surface area contributed by atoms with Gasteiger partial charge >= 0.3 is 0 Å². The van der Waals surface area contributed by atoms with Gasteiger partial charge in [0.15, 0.2) is 0 Å². The Labute approximate surface area is 204 Å². The fourth-order valence-corrected chi connectivity index (χ4v) is 6.52. The Morgan fingerprint density at radius 1 is 1.21 bits per heavy atom. The molecule has 8 heteroatoms. The van der Waals surface area contributed by atoms with Crippen LogP contribution in [0.15, 0.2) is 6.20 Å². The number of anilines is 1. The highest BCUT2D eigenvalue weighted by atomic mass is 32.1. The van der Waals surface area contributed by atoms with Crippen LogP contribution in [-0.4, -0.2) is 33.0 Å². The number of rotatable bonds is 9. The second-order valence-electron chi connectivity index (χ2n) is 10.0. The zero-order valence-corrected chi connectivity index (χ0v) is 21.0. The third-order valence-corrected chi connectivity index (χ3v) is 8.60. The first-order valence-electron chi connectivity index (χ1n) is 12.1. The van der Waals surface area contributed by atoms with E-state index in [2.05, 4.69) is 15.7 Å². The Morgan fingerprint density at radius 2 is 2.00 bits per heavy atom. The molecule has 33 heavy (non-hydrogen) atoms. The summed E-state index contributed by atoms with van der Waals surface area (Å²) in [5.41, 5.74) is 3.86. The van der Waals surface area contributed by atoms with Gasteiger partial charge in [0.1, 0.15) is 5.78 Å². The molecule has 5 rings (SSSR count). The van der Waals surface area contributed by atoms with Crippen LogP contribution in [0, 0.1) is 24.7 Å². The van der Waals surface area contributed by atoms with Crippen molar-refractivity contribution in [2.24, 2.45) is 24.8 Å².